The van der Waals surface area contributed by atoms with Gasteiger partial charge in [0, 0.05) is 24.0 Å². The third kappa shape index (κ3) is 4.52. The zero-order valence-electron chi connectivity index (χ0n) is 16.8. The van der Waals surface area contributed by atoms with Crippen LogP contribution in [0.25, 0.3) is 10.8 Å². The molecular formula is C22H26NO4S2+. The Balaban J connectivity index is 1.79. The maximum atomic E-state index is 13.2. The molecule has 0 bridgehead atoms. The Labute approximate surface area is 179 Å². The highest BCUT2D eigenvalue weighted by Gasteiger charge is 2.57. The number of hydrogen-bond donors (Lipinski definition) is 1. The van der Waals surface area contributed by atoms with Crippen molar-refractivity contribution in [3.63, 3.8) is 0 Å². The minimum Gasteiger partial charge on any atom is -0.435 e. The van der Waals surface area contributed by atoms with Crippen LogP contribution in [-0.4, -0.2) is 50.3 Å². The van der Waals surface area contributed by atoms with Gasteiger partial charge in [0.25, 0.3) is 0 Å². The molecule has 0 radical (unpaired) electrons. The second kappa shape index (κ2) is 8.90. The van der Waals surface area contributed by atoms with Crippen LogP contribution in [0, 0.1) is 5.92 Å². The maximum absolute atomic E-state index is 13.2. The molecule has 2 aromatic carbocycles. The van der Waals surface area contributed by atoms with E-state index in [0.717, 1.165) is 22.0 Å². The van der Waals surface area contributed by atoms with Crippen molar-refractivity contribution < 1.29 is 24.0 Å². The molecule has 29 heavy (non-hydrogen) atoms. The van der Waals surface area contributed by atoms with Crippen LogP contribution >= 0.6 is 23.5 Å². The summed E-state index contributed by atoms with van der Waals surface area (Å²) in [4.78, 5) is 37.7. The highest BCUT2D eigenvalue weighted by molar-refractivity contribution is 8.13. The van der Waals surface area contributed by atoms with Crippen molar-refractivity contribution in [1.29, 1.82) is 0 Å². The molecule has 0 aromatic heterocycles. The first-order valence-corrected chi connectivity index (χ1v) is 11.5. The first-order chi connectivity index (χ1) is 13.7. The summed E-state index contributed by atoms with van der Waals surface area (Å²) in [5.41, 5.74) is 0. The van der Waals surface area contributed by atoms with Crippen molar-refractivity contribution in [3.8, 4) is 0 Å². The summed E-state index contributed by atoms with van der Waals surface area (Å²) in [6.45, 7) is 5.29. The standard InChI is InChI=1S/C22H25NO4S2/c1-14(13-28-16(3)24)21(25)23(22(26)27)12-20(10-15(23)2)29-19-9-8-17-6-4-5-7-18(17)11-19/h4-9,11,14-15,20H,10,12-13H2,1-3H3/p+1/t14?,15-,20-,23-/m1/s1. The quantitative estimate of drug-likeness (QED) is 0.668. The summed E-state index contributed by atoms with van der Waals surface area (Å²) in [5.74, 6) is -0.483. The molecule has 154 valence electrons. The molecule has 2 amide bonds. The van der Waals surface area contributed by atoms with Crippen LogP contribution in [0.5, 0.6) is 0 Å². The predicted octanol–water partition coefficient (Wildman–Crippen LogP) is 5.03. The van der Waals surface area contributed by atoms with Gasteiger partial charge in [-0.3, -0.25) is 4.79 Å². The average molecular weight is 433 g/mol. The van der Waals surface area contributed by atoms with E-state index in [0.29, 0.717) is 12.2 Å². The van der Waals surface area contributed by atoms with Gasteiger partial charge in [-0.2, -0.15) is 9.28 Å². The second-order valence-electron chi connectivity index (χ2n) is 7.71. The molecular weight excluding hydrogens is 406 g/mol. The van der Waals surface area contributed by atoms with E-state index in [9.17, 15) is 19.5 Å². The number of carbonyl (C=O) groups is 3. The third-order valence-electron chi connectivity index (χ3n) is 5.56. The topological polar surface area (TPSA) is 71.4 Å². The van der Waals surface area contributed by atoms with E-state index in [-0.39, 0.29) is 28.9 Å². The van der Waals surface area contributed by atoms with Gasteiger partial charge in [0.2, 0.25) is 0 Å². The molecule has 1 unspecified atom stereocenters. The van der Waals surface area contributed by atoms with E-state index in [1.54, 1.807) is 18.7 Å². The summed E-state index contributed by atoms with van der Waals surface area (Å²) in [5, 5.41) is 12.3. The second-order valence-corrected chi connectivity index (χ2v) is 10.3. The molecule has 1 heterocycles. The number of likely N-dealkylation sites (tertiary alicyclic amines) is 1. The number of rotatable bonds is 5. The van der Waals surface area contributed by atoms with Crippen molar-refractivity contribution in [1.82, 2.24) is 0 Å². The fourth-order valence-corrected chi connectivity index (χ4v) is 6.07. The number of benzene rings is 2. The Kier molecular flexibility index (Phi) is 6.71. The molecule has 1 aliphatic heterocycles. The van der Waals surface area contributed by atoms with E-state index in [2.05, 4.69) is 30.3 Å². The minimum atomic E-state index is -1.09. The van der Waals surface area contributed by atoms with Crippen LogP contribution in [-0.2, 0) is 9.59 Å². The Morgan fingerprint density at radius 2 is 1.86 bits per heavy atom. The lowest BCUT2D eigenvalue weighted by Gasteiger charge is -2.31. The Morgan fingerprint density at radius 1 is 1.17 bits per heavy atom. The van der Waals surface area contributed by atoms with Gasteiger partial charge in [-0.05, 0) is 36.8 Å². The number of carboxylic acid groups (broad SMARTS) is 1. The number of amides is 2. The fraction of sp³-hybridized carbons (Fsp3) is 0.409. The summed E-state index contributed by atoms with van der Waals surface area (Å²) >= 11 is 2.72. The van der Waals surface area contributed by atoms with Gasteiger partial charge in [-0.1, -0.05) is 42.1 Å². The number of thioether (sulfide) groups is 2. The molecule has 0 aliphatic carbocycles. The number of fused-ring (bicyclic) bond motifs is 1. The van der Waals surface area contributed by atoms with Crippen molar-refractivity contribution in [2.24, 2.45) is 5.92 Å². The van der Waals surface area contributed by atoms with Crippen molar-refractivity contribution in [2.45, 2.75) is 43.4 Å². The third-order valence-corrected chi connectivity index (χ3v) is 7.84. The molecule has 7 heteroatoms. The summed E-state index contributed by atoms with van der Waals surface area (Å²) < 4.78 is -0.551. The van der Waals surface area contributed by atoms with E-state index in [1.807, 2.05) is 19.1 Å². The van der Waals surface area contributed by atoms with Crippen molar-refractivity contribution >= 4 is 51.4 Å². The van der Waals surface area contributed by atoms with Crippen LogP contribution in [0.1, 0.15) is 27.2 Å². The lowest BCUT2D eigenvalue weighted by atomic mass is 10.1. The van der Waals surface area contributed by atoms with Gasteiger partial charge < -0.3 is 5.11 Å². The first kappa shape index (κ1) is 21.9. The molecule has 3 rings (SSSR count). The number of hydrogen-bond acceptors (Lipinski definition) is 5. The number of nitrogens with zero attached hydrogens (tertiary/aromatic N) is 1. The lowest BCUT2D eigenvalue weighted by Crippen LogP contribution is -2.61. The molecule has 5 nitrogen and oxygen atoms in total. The van der Waals surface area contributed by atoms with E-state index < -0.39 is 16.5 Å². The van der Waals surface area contributed by atoms with E-state index in [1.165, 1.54) is 12.3 Å². The molecule has 1 aliphatic rings. The van der Waals surface area contributed by atoms with Crippen LogP contribution in [0.3, 0.4) is 0 Å². The van der Waals surface area contributed by atoms with Gasteiger partial charge in [0.15, 0.2) is 5.12 Å². The SMILES string of the molecule is CC(=O)SCC(C)C(=O)[N@@+]1(C(=O)O)C[C@H](Sc2ccc3ccccc3c2)C[C@H]1C. The van der Waals surface area contributed by atoms with E-state index >= 15 is 0 Å². The molecule has 0 spiro atoms. The molecule has 1 saturated heterocycles. The van der Waals surface area contributed by atoms with Gasteiger partial charge in [-0.15, -0.1) is 11.8 Å². The molecule has 2 aromatic rings. The average Bonchev–Trinajstić information content (AvgIpc) is 3.02. The lowest BCUT2D eigenvalue weighted by molar-refractivity contribution is -0.793. The largest absolute Gasteiger partial charge is 0.521 e. The van der Waals surface area contributed by atoms with Crippen LogP contribution < -0.4 is 0 Å². The summed E-state index contributed by atoms with van der Waals surface area (Å²) in [7, 11) is 0. The molecule has 1 fully saturated rings. The Bertz CT molecular complexity index is 947. The van der Waals surface area contributed by atoms with Crippen LogP contribution in [0.2, 0.25) is 0 Å². The van der Waals surface area contributed by atoms with Crippen molar-refractivity contribution in [2.75, 3.05) is 12.3 Å². The minimum absolute atomic E-state index is 0.0406. The Hall–Kier alpha value is -1.83. The first-order valence-electron chi connectivity index (χ1n) is 9.68. The number of quaternary nitrogens is 1. The molecule has 0 saturated carbocycles. The summed E-state index contributed by atoms with van der Waals surface area (Å²) in [6, 6.07) is 14.1. The number of imide groups is 1. The molecule has 1 N–H and O–H groups in total. The van der Waals surface area contributed by atoms with Gasteiger partial charge in [0.05, 0.1) is 11.2 Å². The highest BCUT2D eigenvalue weighted by atomic mass is 32.2. The fourth-order valence-electron chi connectivity index (χ4n) is 4.03. The monoisotopic (exact) mass is 432 g/mol. The number of carbonyl (C=O) groups excluding carboxylic acids is 2. The highest BCUT2D eigenvalue weighted by Crippen LogP contribution is 2.39. The van der Waals surface area contributed by atoms with Crippen LogP contribution in [0.15, 0.2) is 47.4 Å². The normalized spacial score (nSPS) is 25.1. The van der Waals surface area contributed by atoms with Gasteiger partial charge >= 0.3 is 12.0 Å². The van der Waals surface area contributed by atoms with Gasteiger partial charge in [-0.25, -0.2) is 4.79 Å². The predicted molar refractivity (Wildman–Crippen MR) is 118 cm³/mol. The Morgan fingerprint density at radius 3 is 2.52 bits per heavy atom. The molecule has 4 atom stereocenters. The smallest absolute Gasteiger partial charge is 0.435 e. The summed E-state index contributed by atoms with van der Waals surface area (Å²) in [6.07, 6.45) is -0.439. The zero-order valence-corrected chi connectivity index (χ0v) is 18.5. The zero-order chi connectivity index (χ0) is 21.2. The van der Waals surface area contributed by atoms with Gasteiger partial charge in [0.1, 0.15) is 12.6 Å². The van der Waals surface area contributed by atoms with Crippen molar-refractivity contribution in [3.05, 3.63) is 42.5 Å². The maximum Gasteiger partial charge on any atom is 0.521 e. The van der Waals surface area contributed by atoms with E-state index in [4.69, 9.17) is 0 Å². The van der Waals surface area contributed by atoms with Crippen LogP contribution in [0.4, 0.5) is 4.79 Å².